The van der Waals surface area contributed by atoms with Crippen LogP contribution in [-0.4, -0.2) is 0 Å². The first-order chi connectivity index (χ1) is 6.20. The first-order valence-corrected chi connectivity index (χ1v) is 5.58. The quantitative estimate of drug-likeness (QED) is 0.723. The van der Waals surface area contributed by atoms with Crippen LogP contribution in [0.2, 0.25) is 0 Å². The SMILES string of the molecule is N#Cc1cc2sc(S)cc2cc1Br. The van der Waals surface area contributed by atoms with Crippen LogP contribution < -0.4 is 0 Å². The van der Waals surface area contributed by atoms with Crippen molar-refractivity contribution in [3.8, 4) is 6.07 Å². The summed E-state index contributed by atoms with van der Waals surface area (Å²) in [4.78, 5) is 0. The maximum Gasteiger partial charge on any atom is 0.100 e. The highest BCUT2D eigenvalue weighted by atomic mass is 79.9. The number of hydrogen-bond acceptors (Lipinski definition) is 3. The Balaban J connectivity index is 2.82. The number of benzene rings is 1. The Hall–Kier alpha value is -0.500. The molecule has 0 aliphatic carbocycles. The summed E-state index contributed by atoms with van der Waals surface area (Å²) in [6, 6.07) is 7.95. The zero-order chi connectivity index (χ0) is 9.42. The van der Waals surface area contributed by atoms with E-state index in [2.05, 4.69) is 34.6 Å². The summed E-state index contributed by atoms with van der Waals surface area (Å²) in [5.41, 5.74) is 0.669. The second-order valence-electron chi connectivity index (χ2n) is 2.57. The van der Waals surface area contributed by atoms with Crippen molar-refractivity contribution >= 4 is 50.0 Å². The molecule has 0 radical (unpaired) electrons. The molecular formula is C9H4BrNS2. The summed E-state index contributed by atoms with van der Waals surface area (Å²) in [5, 5.41) is 9.92. The fourth-order valence-corrected chi connectivity index (χ4v) is 2.84. The molecule has 13 heavy (non-hydrogen) atoms. The normalized spacial score (nSPS) is 10.2. The topological polar surface area (TPSA) is 23.8 Å². The number of hydrogen-bond donors (Lipinski definition) is 1. The maximum atomic E-state index is 8.79. The molecule has 0 saturated carbocycles. The lowest BCUT2D eigenvalue weighted by atomic mass is 10.2. The van der Waals surface area contributed by atoms with Crippen LogP contribution in [0.5, 0.6) is 0 Å². The molecule has 0 unspecified atom stereocenters. The fraction of sp³-hybridized carbons (Fsp3) is 0. The first-order valence-electron chi connectivity index (χ1n) is 3.53. The average Bonchev–Trinajstić information content (AvgIpc) is 2.42. The molecule has 1 aromatic heterocycles. The minimum atomic E-state index is 0.669. The van der Waals surface area contributed by atoms with E-state index in [0.29, 0.717) is 5.56 Å². The molecule has 2 aromatic rings. The molecule has 0 aliphatic heterocycles. The van der Waals surface area contributed by atoms with Gasteiger partial charge in [0.1, 0.15) is 6.07 Å². The molecule has 0 spiro atoms. The van der Waals surface area contributed by atoms with Crippen LogP contribution >= 0.6 is 39.9 Å². The van der Waals surface area contributed by atoms with Gasteiger partial charge < -0.3 is 0 Å². The molecule has 0 N–H and O–H groups in total. The van der Waals surface area contributed by atoms with Gasteiger partial charge in [-0.3, -0.25) is 0 Å². The molecule has 0 fully saturated rings. The second-order valence-corrected chi connectivity index (χ2v) is 5.29. The number of thiol groups is 1. The number of halogens is 1. The molecule has 4 heteroatoms. The molecule has 64 valence electrons. The Kier molecular flexibility index (Phi) is 2.33. The van der Waals surface area contributed by atoms with Gasteiger partial charge in [-0.05, 0) is 39.5 Å². The second kappa shape index (κ2) is 3.33. The van der Waals surface area contributed by atoms with Crippen LogP contribution in [0, 0.1) is 11.3 Å². The van der Waals surface area contributed by atoms with E-state index in [1.165, 1.54) is 0 Å². The van der Waals surface area contributed by atoms with Crippen molar-refractivity contribution in [1.29, 1.82) is 5.26 Å². The average molecular weight is 270 g/mol. The highest BCUT2D eigenvalue weighted by Gasteiger charge is 2.04. The smallest absolute Gasteiger partial charge is 0.100 e. The van der Waals surface area contributed by atoms with Crippen LogP contribution in [0.3, 0.4) is 0 Å². The number of nitrogens with zero attached hydrogens (tertiary/aromatic N) is 1. The number of thiophene rings is 1. The molecule has 0 amide bonds. The Morgan fingerprint density at radius 1 is 1.38 bits per heavy atom. The van der Waals surface area contributed by atoms with Gasteiger partial charge in [0.05, 0.1) is 9.77 Å². The third kappa shape index (κ3) is 1.60. The van der Waals surface area contributed by atoms with Crippen molar-refractivity contribution in [2.45, 2.75) is 4.21 Å². The highest BCUT2D eigenvalue weighted by Crippen LogP contribution is 2.32. The van der Waals surface area contributed by atoms with Gasteiger partial charge in [0, 0.05) is 9.17 Å². The van der Waals surface area contributed by atoms with E-state index in [1.54, 1.807) is 11.3 Å². The third-order valence-corrected chi connectivity index (χ3v) is 3.67. The molecule has 1 nitrogen and oxygen atoms in total. The van der Waals surface area contributed by atoms with E-state index in [4.69, 9.17) is 5.26 Å². The lowest BCUT2D eigenvalue weighted by Crippen LogP contribution is -1.75. The van der Waals surface area contributed by atoms with Gasteiger partial charge in [0.25, 0.3) is 0 Å². The lowest BCUT2D eigenvalue weighted by molar-refractivity contribution is 1.48. The van der Waals surface area contributed by atoms with Gasteiger partial charge in [0.2, 0.25) is 0 Å². The van der Waals surface area contributed by atoms with E-state index in [9.17, 15) is 0 Å². The largest absolute Gasteiger partial charge is 0.192 e. The summed E-state index contributed by atoms with van der Waals surface area (Å²) < 4.78 is 2.91. The molecule has 1 heterocycles. The summed E-state index contributed by atoms with van der Waals surface area (Å²) in [6.07, 6.45) is 0. The minimum Gasteiger partial charge on any atom is -0.192 e. The molecule has 0 saturated heterocycles. The monoisotopic (exact) mass is 269 g/mol. The molecule has 0 atom stereocenters. The van der Waals surface area contributed by atoms with E-state index in [-0.39, 0.29) is 0 Å². The highest BCUT2D eigenvalue weighted by molar-refractivity contribution is 9.10. The standard InChI is InChI=1S/C9H4BrNS2/c10-7-1-5-3-9(12)13-8(5)2-6(7)4-11/h1-3,12H. The molecular weight excluding hydrogens is 266 g/mol. The minimum absolute atomic E-state index is 0.669. The van der Waals surface area contributed by atoms with Crippen LogP contribution in [0.25, 0.3) is 10.1 Å². The van der Waals surface area contributed by atoms with Crippen molar-refractivity contribution < 1.29 is 0 Å². The Labute approximate surface area is 93.5 Å². The fourth-order valence-electron chi connectivity index (χ4n) is 1.13. The van der Waals surface area contributed by atoms with Crippen LogP contribution in [0.4, 0.5) is 0 Å². The third-order valence-electron chi connectivity index (χ3n) is 1.71. The van der Waals surface area contributed by atoms with Crippen molar-refractivity contribution in [3.05, 3.63) is 28.2 Å². The lowest BCUT2D eigenvalue weighted by Gasteiger charge is -1.94. The van der Waals surface area contributed by atoms with Gasteiger partial charge in [-0.25, -0.2) is 0 Å². The van der Waals surface area contributed by atoms with Gasteiger partial charge in [-0.2, -0.15) is 5.26 Å². The molecule has 0 aliphatic rings. The van der Waals surface area contributed by atoms with Gasteiger partial charge in [0.15, 0.2) is 0 Å². The van der Waals surface area contributed by atoms with Crippen molar-refractivity contribution in [1.82, 2.24) is 0 Å². The zero-order valence-electron chi connectivity index (χ0n) is 6.41. The van der Waals surface area contributed by atoms with E-state index < -0.39 is 0 Å². The van der Waals surface area contributed by atoms with Crippen LogP contribution in [-0.2, 0) is 0 Å². The van der Waals surface area contributed by atoms with E-state index >= 15 is 0 Å². The van der Waals surface area contributed by atoms with Crippen molar-refractivity contribution in [2.75, 3.05) is 0 Å². The number of nitriles is 1. The Bertz CT molecular complexity index is 510. The molecule has 1 aromatic carbocycles. The summed E-state index contributed by atoms with van der Waals surface area (Å²) >= 11 is 9.19. The number of fused-ring (bicyclic) bond motifs is 1. The molecule has 0 bridgehead atoms. The van der Waals surface area contributed by atoms with Crippen LogP contribution in [0.1, 0.15) is 5.56 Å². The van der Waals surface area contributed by atoms with E-state index in [1.807, 2.05) is 18.2 Å². The van der Waals surface area contributed by atoms with Crippen molar-refractivity contribution in [3.63, 3.8) is 0 Å². The molecule has 2 rings (SSSR count). The first kappa shape index (κ1) is 9.07. The predicted molar refractivity (Wildman–Crippen MR) is 61.5 cm³/mol. The van der Waals surface area contributed by atoms with Crippen LogP contribution in [0.15, 0.2) is 26.9 Å². The van der Waals surface area contributed by atoms with E-state index in [0.717, 1.165) is 18.8 Å². The maximum absolute atomic E-state index is 8.79. The van der Waals surface area contributed by atoms with Gasteiger partial charge in [-0.1, -0.05) is 0 Å². The van der Waals surface area contributed by atoms with Gasteiger partial charge >= 0.3 is 0 Å². The van der Waals surface area contributed by atoms with Gasteiger partial charge in [-0.15, -0.1) is 24.0 Å². The summed E-state index contributed by atoms with van der Waals surface area (Å²) in [7, 11) is 0. The van der Waals surface area contributed by atoms with Crippen molar-refractivity contribution in [2.24, 2.45) is 0 Å². The summed E-state index contributed by atoms with van der Waals surface area (Å²) in [6.45, 7) is 0. The predicted octanol–water partition coefficient (Wildman–Crippen LogP) is 3.82. The Morgan fingerprint density at radius 2 is 2.15 bits per heavy atom. The number of rotatable bonds is 0. The Morgan fingerprint density at radius 3 is 2.85 bits per heavy atom. The zero-order valence-corrected chi connectivity index (χ0v) is 9.71. The summed E-state index contributed by atoms with van der Waals surface area (Å²) in [5.74, 6) is 0.